The molecule has 2 atom stereocenters. The molecule has 0 radical (unpaired) electrons. The van der Waals surface area contributed by atoms with Gasteiger partial charge in [0.2, 0.25) is 0 Å². The molecule has 1 aliphatic carbocycles. The van der Waals surface area contributed by atoms with Gasteiger partial charge in [-0.25, -0.2) is 0 Å². The van der Waals surface area contributed by atoms with Crippen LogP contribution in [0.15, 0.2) is 0 Å². The summed E-state index contributed by atoms with van der Waals surface area (Å²) in [6.07, 6.45) is 7.27. The van der Waals surface area contributed by atoms with Gasteiger partial charge < -0.3 is 15.1 Å². The Morgan fingerprint density at radius 1 is 1.12 bits per heavy atom. The van der Waals surface area contributed by atoms with Gasteiger partial charge in [0, 0.05) is 19.7 Å². The molecule has 0 spiro atoms. The molecule has 3 nitrogen and oxygen atoms in total. The zero-order valence-corrected chi connectivity index (χ0v) is 10.1. The first-order valence-corrected chi connectivity index (χ1v) is 6.79. The summed E-state index contributed by atoms with van der Waals surface area (Å²) in [6.45, 7) is 3.13. The van der Waals surface area contributed by atoms with Gasteiger partial charge in [-0.2, -0.15) is 0 Å². The largest absolute Gasteiger partial charge is 0.396 e. The molecular weight excluding hydrogens is 202 g/mol. The van der Waals surface area contributed by atoms with Crippen molar-refractivity contribution in [2.75, 3.05) is 26.2 Å². The zero-order chi connectivity index (χ0) is 11.4. The Morgan fingerprint density at radius 3 is 2.50 bits per heavy atom. The second-order valence-electron chi connectivity index (χ2n) is 5.64. The highest BCUT2D eigenvalue weighted by molar-refractivity contribution is 4.79. The van der Waals surface area contributed by atoms with Crippen molar-refractivity contribution in [3.8, 4) is 0 Å². The van der Waals surface area contributed by atoms with Gasteiger partial charge in [0.15, 0.2) is 0 Å². The third kappa shape index (κ3) is 3.44. The average molecular weight is 227 g/mol. The van der Waals surface area contributed by atoms with Gasteiger partial charge in [-0.15, -0.1) is 0 Å². The molecule has 1 heterocycles. The molecule has 0 amide bonds. The first-order valence-electron chi connectivity index (χ1n) is 6.79. The zero-order valence-electron chi connectivity index (χ0n) is 10.1. The topological polar surface area (TPSA) is 43.7 Å². The van der Waals surface area contributed by atoms with Gasteiger partial charge in [-0.1, -0.05) is 25.7 Å². The van der Waals surface area contributed by atoms with Crippen LogP contribution in [-0.2, 0) is 0 Å². The van der Waals surface area contributed by atoms with E-state index in [1.807, 2.05) is 0 Å². The standard InChI is InChI=1S/C13H25NO2/c15-10-12-5-6-14(8-12)9-13(16)7-11-3-1-2-4-11/h11-13,15-16H,1-10H2. The van der Waals surface area contributed by atoms with Crippen molar-refractivity contribution in [2.45, 2.75) is 44.6 Å². The smallest absolute Gasteiger partial charge is 0.0669 e. The minimum atomic E-state index is -0.152. The van der Waals surface area contributed by atoms with Crippen LogP contribution in [0, 0.1) is 11.8 Å². The van der Waals surface area contributed by atoms with Crippen LogP contribution < -0.4 is 0 Å². The molecule has 1 saturated carbocycles. The Kier molecular flexibility index (Phi) is 4.62. The predicted molar refractivity (Wildman–Crippen MR) is 64.2 cm³/mol. The number of β-amino-alcohol motifs (C(OH)–C–C–N with tert-alkyl or cyclic N) is 1. The SMILES string of the molecule is OCC1CCN(CC(O)CC2CCCC2)C1. The molecule has 2 rings (SSSR count). The van der Waals surface area contributed by atoms with Gasteiger partial charge >= 0.3 is 0 Å². The minimum absolute atomic E-state index is 0.152. The first-order chi connectivity index (χ1) is 7.78. The fourth-order valence-corrected chi connectivity index (χ4v) is 3.23. The Labute approximate surface area is 98.5 Å². The quantitative estimate of drug-likeness (QED) is 0.743. The number of hydrogen-bond acceptors (Lipinski definition) is 3. The van der Waals surface area contributed by atoms with Crippen LogP contribution in [0.3, 0.4) is 0 Å². The van der Waals surface area contributed by atoms with E-state index in [1.165, 1.54) is 25.7 Å². The van der Waals surface area contributed by atoms with Crippen LogP contribution in [0.2, 0.25) is 0 Å². The molecule has 0 aromatic rings. The molecule has 1 saturated heterocycles. The van der Waals surface area contributed by atoms with Crippen LogP contribution >= 0.6 is 0 Å². The molecular formula is C13H25NO2. The summed E-state index contributed by atoms with van der Waals surface area (Å²) in [5.41, 5.74) is 0. The molecule has 16 heavy (non-hydrogen) atoms. The number of aliphatic hydroxyl groups is 2. The second kappa shape index (κ2) is 5.99. The molecule has 2 aliphatic rings. The molecule has 3 heteroatoms. The summed E-state index contributed by atoms with van der Waals surface area (Å²) in [5, 5.41) is 19.1. The van der Waals surface area contributed by atoms with Gasteiger partial charge in [-0.3, -0.25) is 0 Å². The van der Waals surface area contributed by atoms with Crippen molar-refractivity contribution in [2.24, 2.45) is 11.8 Å². The number of rotatable bonds is 5. The Bertz CT molecular complexity index is 204. The van der Waals surface area contributed by atoms with Gasteiger partial charge in [-0.05, 0) is 31.2 Å². The molecule has 2 fully saturated rings. The maximum atomic E-state index is 10.0. The van der Waals surface area contributed by atoms with Crippen LogP contribution in [-0.4, -0.2) is 47.5 Å². The fraction of sp³-hybridized carbons (Fsp3) is 1.00. The molecule has 1 aliphatic heterocycles. The number of hydrogen-bond donors (Lipinski definition) is 2. The van der Waals surface area contributed by atoms with Crippen molar-refractivity contribution < 1.29 is 10.2 Å². The number of nitrogens with zero attached hydrogens (tertiary/aromatic N) is 1. The van der Waals surface area contributed by atoms with Crippen molar-refractivity contribution in [1.29, 1.82) is 0 Å². The van der Waals surface area contributed by atoms with E-state index in [0.717, 1.165) is 38.4 Å². The number of aliphatic hydroxyl groups excluding tert-OH is 2. The predicted octanol–water partition coefficient (Wildman–Crippen LogP) is 1.24. The summed E-state index contributed by atoms with van der Waals surface area (Å²) in [7, 11) is 0. The lowest BCUT2D eigenvalue weighted by Crippen LogP contribution is -2.32. The molecule has 0 aromatic heterocycles. The van der Waals surface area contributed by atoms with E-state index in [1.54, 1.807) is 0 Å². The summed E-state index contributed by atoms with van der Waals surface area (Å²) >= 11 is 0. The monoisotopic (exact) mass is 227 g/mol. The molecule has 0 bridgehead atoms. The third-order valence-corrected chi connectivity index (χ3v) is 4.18. The maximum Gasteiger partial charge on any atom is 0.0669 e. The summed E-state index contributed by atoms with van der Waals surface area (Å²) < 4.78 is 0. The van der Waals surface area contributed by atoms with Crippen LogP contribution in [0.4, 0.5) is 0 Å². The van der Waals surface area contributed by atoms with Crippen LogP contribution in [0.1, 0.15) is 38.5 Å². The maximum absolute atomic E-state index is 10.0. The van der Waals surface area contributed by atoms with E-state index < -0.39 is 0 Å². The van der Waals surface area contributed by atoms with Gasteiger partial charge in [0.1, 0.15) is 0 Å². The molecule has 0 aromatic carbocycles. The van der Waals surface area contributed by atoms with E-state index in [-0.39, 0.29) is 6.10 Å². The van der Waals surface area contributed by atoms with Crippen LogP contribution in [0.5, 0.6) is 0 Å². The second-order valence-corrected chi connectivity index (χ2v) is 5.64. The van der Waals surface area contributed by atoms with Crippen molar-refractivity contribution in [1.82, 2.24) is 4.90 Å². The molecule has 94 valence electrons. The lowest BCUT2D eigenvalue weighted by atomic mass is 10.00. The van der Waals surface area contributed by atoms with Crippen LogP contribution in [0.25, 0.3) is 0 Å². The summed E-state index contributed by atoms with van der Waals surface area (Å²) in [5.74, 6) is 1.21. The first kappa shape index (κ1) is 12.3. The van der Waals surface area contributed by atoms with Crippen molar-refractivity contribution in [3.63, 3.8) is 0 Å². The lowest BCUT2D eigenvalue weighted by Gasteiger charge is -2.22. The van der Waals surface area contributed by atoms with E-state index >= 15 is 0 Å². The highest BCUT2D eigenvalue weighted by atomic mass is 16.3. The average Bonchev–Trinajstić information content (AvgIpc) is 2.89. The number of likely N-dealkylation sites (tertiary alicyclic amines) is 1. The van der Waals surface area contributed by atoms with Gasteiger partial charge in [0.25, 0.3) is 0 Å². The van der Waals surface area contributed by atoms with E-state index in [4.69, 9.17) is 5.11 Å². The Balaban J connectivity index is 1.64. The lowest BCUT2D eigenvalue weighted by molar-refractivity contribution is 0.0978. The highest BCUT2D eigenvalue weighted by Gasteiger charge is 2.25. The summed E-state index contributed by atoms with van der Waals surface area (Å²) in [4.78, 5) is 2.31. The Hall–Kier alpha value is -0.120. The fourth-order valence-electron chi connectivity index (χ4n) is 3.23. The normalized spacial score (nSPS) is 30.0. The van der Waals surface area contributed by atoms with E-state index in [0.29, 0.717) is 12.5 Å². The minimum Gasteiger partial charge on any atom is -0.396 e. The van der Waals surface area contributed by atoms with Gasteiger partial charge in [0.05, 0.1) is 6.10 Å². The third-order valence-electron chi connectivity index (χ3n) is 4.18. The Morgan fingerprint density at radius 2 is 1.88 bits per heavy atom. The highest BCUT2D eigenvalue weighted by Crippen LogP contribution is 2.29. The van der Waals surface area contributed by atoms with Crippen molar-refractivity contribution in [3.05, 3.63) is 0 Å². The summed E-state index contributed by atoms with van der Waals surface area (Å²) in [6, 6.07) is 0. The van der Waals surface area contributed by atoms with E-state index in [9.17, 15) is 5.11 Å². The van der Waals surface area contributed by atoms with Crippen molar-refractivity contribution >= 4 is 0 Å². The molecule has 2 unspecified atom stereocenters. The van der Waals surface area contributed by atoms with E-state index in [2.05, 4.69) is 4.90 Å². The molecule has 2 N–H and O–H groups in total.